The molecule has 1 N–H and O–H groups in total. The van der Waals surface area contributed by atoms with Gasteiger partial charge in [-0.2, -0.15) is 0 Å². The van der Waals surface area contributed by atoms with Crippen LogP contribution in [0.3, 0.4) is 0 Å². The molecule has 0 amide bonds. The van der Waals surface area contributed by atoms with Crippen LogP contribution in [0.4, 0.5) is 5.69 Å². The Hall–Kier alpha value is -4.65. The summed E-state index contributed by atoms with van der Waals surface area (Å²) < 4.78 is 2.13. The molecule has 0 saturated heterocycles. The van der Waals surface area contributed by atoms with Crippen LogP contribution in [-0.2, 0) is 13.6 Å². The first-order chi connectivity index (χ1) is 16.8. The minimum absolute atomic E-state index is 0.597. The Morgan fingerprint density at radius 3 is 2.59 bits per heavy atom. The minimum Gasteiger partial charge on any atom is -0.381 e. The van der Waals surface area contributed by atoms with Crippen molar-refractivity contribution in [2.45, 2.75) is 6.54 Å². The van der Waals surface area contributed by atoms with Gasteiger partial charge in [0.15, 0.2) is 0 Å². The molecule has 0 bridgehead atoms. The maximum atomic E-state index is 4.64. The summed E-state index contributed by atoms with van der Waals surface area (Å²) >= 11 is 0. The van der Waals surface area contributed by atoms with Gasteiger partial charge in [-0.1, -0.05) is 12.1 Å². The van der Waals surface area contributed by atoms with Crippen LogP contribution in [-0.4, -0.2) is 29.5 Å². The maximum absolute atomic E-state index is 4.64. The van der Waals surface area contributed by atoms with Crippen molar-refractivity contribution < 1.29 is 0 Å². The number of nitrogens with zero attached hydrogens (tertiary/aromatic N) is 6. The molecule has 0 aliphatic heterocycles. The second-order valence-corrected chi connectivity index (χ2v) is 8.16. The molecule has 2 aromatic carbocycles. The van der Waals surface area contributed by atoms with Crippen LogP contribution in [0.2, 0.25) is 0 Å². The lowest BCUT2D eigenvalue weighted by Crippen LogP contribution is -2.03. The van der Waals surface area contributed by atoms with Crippen molar-refractivity contribution >= 4 is 27.6 Å². The number of aromatic nitrogens is 6. The molecular weight excluding hydrogens is 422 g/mol. The van der Waals surface area contributed by atoms with Crippen LogP contribution in [0.25, 0.3) is 44.2 Å². The van der Waals surface area contributed by atoms with E-state index in [4.69, 9.17) is 0 Å². The minimum atomic E-state index is 0.597. The van der Waals surface area contributed by atoms with E-state index in [0.29, 0.717) is 6.54 Å². The van der Waals surface area contributed by atoms with Gasteiger partial charge in [-0.25, -0.2) is 9.97 Å². The highest BCUT2D eigenvalue weighted by atomic mass is 14.9. The first-order valence-corrected chi connectivity index (χ1v) is 11.0. The second kappa shape index (κ2) is 8.37. The lowest BCUT2D eigenvalue weighted by atomic mass is 10.0. The molecule has 0 fully saturated rings. The molecule has 0 atom stereocenters. The Morgan fingerprint density at radius 2 is 1.68 bits per heavy atom. The third-order valence-corrected chi connectivity index (χ3v) is 6.03. The summed E-state index contributed by atoms with van der Waals surface area (Å²) in [6.45, 7) is 0.597. The number of aryl methyl sites for hydroxylation is 1. The fourth-order valence-electron chi connectivity index (χ4n) is 4.31. The van der Waals surface area contributed by atoms with Gasteiger partial charge in [0, 0.05) is 79.3 Å². The van der Waals surface area contributed by atoms with Crippen LogP contribution in [0.1, 0.15) is 5.56 Å². The monoisotopic (exact) mass is 443 g/mol. The summed E-state index contributed by atoms with van der Waals surface area (Å²) in [7, 11) is 2.06. The number of fused-ring (bicyclic) bond motifs is 2. The highest BCUT2D eigenvalue weighted by Crippen LogP contribution is 2.32. The summed E-state index contributed by atoms with van der Waals surface area (Å²) in [6, 6.07) is 14.8. The Morgan fingerprint density at radius 1 is 0.794 bits per heavy atom. The molecular formula is C27H21N7. The SMILES string of the molecule is Cn1ccc2ccc(-c3cc(NCc4cnccc4-c4cncnc4)cc4nccnc34)cc21. The quantitative estimate of drug-likeness (QED) is 0.392. The lowest BCUT2D eigenvalue weighted by molar-refractivity contribution is 0.969. The number of hydrogen-bond donors (Lipinski definition) is 1. The van der Waals surface area contributed by atoms with Crippen molar-refractivity contribution in [3.63, 3.8) is 0 Å². The van der Waals surface area contributed by atoms with E-state index in [1.807, 2.05) is 30.7 Å². The van der Waals surface area contributed by atoms with Crippen molar-refractivity contribution in [2.75, 3.05) is 5.32 Å². The van der Waals surface area contributed by atoms with Crippen molar-refractivity contribution in [2.24, 2.45) is 7.05 Å². The number of rotatable bonds is 5. The molecule has 7 heteroatoms. The summed E-state index contributed by atoms with van der Waals surface area (Å²) in [6.07, 6.45) is 14.4. The van der Waals surface area contributed by atoms with Gasteiger partial charge in [0.1, 0.15) is 6.33 Å². The molecule has 0 saturated carbocycles. The summed E-state index contributed by atoms with van der Waals surface area (Å²) in [4.78, 5) is 21.9. The fraction of sp³-hybridized carbons (Fsp3) is 0.0741. The lowest BCUT2D eigenvalue weighted by Gasteiger charge is -2.14. The van der Waals surface area contributed by atoms with Crippen LogP contribution < -0.4 is 5.32 Å². The highest BCUT2D eigenvalue weighted by Gasteiger charge is 2.12. The highest BCUT2D eigenvalue weighted by molar-refractivity contribution is 5.97. The van der Waals surface area contributed by atoms with Gasteiger partial charge in [0.25, 0.3) is 0 Å². The van der Waals surface area contributed by atoms with Gasteiger partial charge in [0.2, 0.25) is 0 Å². The molecule has 4 heterocycles. The Balaban J connectivity index is 1.39. The van der Waals surface area contributed by atoms with Crippen molar-refractivity contribution in [3.8, 4) is 22.3 Å². The number of pyridine rings is 1. The third-order valence-electron chi connectivity index (χ3n) is 6.03. The van der Waals surface area contributed by atoms with Crippen molar-refractivity contribution in [1.82, 2.24) is 29.5 Å². The normalized spacial score (nSPS) is 11.2. The van der Waals surface area contributed by atoms with Crippen molar-refractivity contribution in [1.29, 1.82) is 0 Å². The van der Waals surface area contributed by atoms with Gasteiger partial charge >= 0.3 is 0 Å². The van der Waals surface area contributed by atoms with Gasteiger partial charge in [-0.05, 0) is 52.4 Å². The van der Waals surface area contributed by atoms with E-state index in [1.165, 1.54) is 17.2 Å². The molecule has 164 valence electrons. The largest absolute Gasteiger partial charge is 0.381 e. The summed E-state index contributed by atoms with van der Waals surface area (Å²) in [5.41, 5.74) is 9.09. The van der Waals surface area contributed by atoms with E-state index in [-0.39, 0.29) is 0 Å². The fourth-order valence-corrected chi connectivity index (χ4v) is 4.31. The van der Waals surface area contributed by atoms with Gasteiger partial charge in [-0.3, -0.25) is 15.0 Å². The summed E-state index contributed by atoms with van der Waals surface area (Å²) in [5, 5.41) is 4.78. The molecule has 0 aliphatic rings. The Labute approximate surface area is 196 Å². The van der Waals surface area contributed by atoms with E-state index >= 15 is 0 Å². The topological polar surface area (TPSA) is 81.4 Å². The first kappa shape index (κ1) is 20.0. The van der Waals surface area contributed by atoms with Crippen molar-refractivity contribution in [3.05, 3.63) is 97.7 Å². The number of benzene rings is 2. The second-order valence-electron chi connectivity index (χ2n) is 8.16. The average Bonchev–Trinajstić information content (AvgIpc) is 3.27. The Kier molecular flexibility index (Phi) is 4.92. The number of anilines is 1. The van der Waals surface area contributed by atoms with E-state index in [2.05, 4.69) is 78.4 Å². The van der Waals surface area contributed by atoms with E-state index in [0.717, 1.165) is 44.5 Å². The molecule has 0 spiro atoms. The standard InChI is InChI=1S/C27H21N7/c1-34-9-5-18-2-3-19(10-26(18)34)24-11-22(12-25-27(24)32-8-7-31-25)33-16-21-13-28-6-4-23(21)20-14-29-17-30-15-20/h2-15,17,33H,16H2,1H3. The average molecular weight is 444 g/mol. The van der Waals surface area contributed by atoms with Crippen LogP contribution in [0.15, 0.2) is 92.2 Å². The summed E-state index contributed by atoms with van der Waals surface area (Å²) in [5.74, 6) is 0. The van der Waals surface area contributed by atoms with Crippen LogP contribution in [0.5, 0.6) is 0 Å². The van der Waals surface area contributed by atoms with E-state index < -0.39 is 0 Å². The van der Waals surface area contributed by atoms with Gasteiger partial charge in [0.05, 0.1) is 11.0 Å². The molecule has 0 unspecified atom stereocenters. The molecule has 34 heavy (non-hydrogen) atoms. The van der Waals surface area contributed by atoms with Gasteiger partial charge < -0.3 is 9.88 Å². The molecule has 0 radical (unpaired) electrons. The smallest absolute Gasteiger partial charge is 0.115 e. The zero-order valence-corrected chi connectivity index (χ0v) is 18.6. The molecule has 0 aliphatic carbocycles. The number of hydrogen-bond acceptors (Lipinski definition) is 6. The van der Waals surface area contributed by atoms with Crippen LogP contribution in [0, 0.1) is 0 Å². The predicted molar refractivity (Wildman–Crippen MR) is 134 cm³/mol. The molecule has 4 aromatic heterocycles. The third kappa shape index (κ3) is 3.63. The van der Waals surface area contributed by atoms with E-state index in [9.17, 15) is 0 Å². The van der Waals surface area contributed by atoms with Crippen LogP contribution >= 0.6 is 0 Å². The first-order valence-electron chi connectivity index (χ1n) is 11.0. The molecule has 6 rings (SSSR count). The number of nitrogens with one attached hydrogen (secondary N) is 1. The predicted octanol–water partition coefficient (Wildman–Crippen LogP) is 5.25. The zero-order valence-electron chi connectivity index (χ0n) is 18.6. The maximum Gasteiger partial charge on any atom is 0.115 e. The Bertz CT molecular complexity index is 1620. The molecule has 6 aromatic rings. The zero-order chi connectivity index (χ0) is 22.9. The van der Waals surface area contributed by atoms with Gasteiger partial charge in [-0.15, -0.1) is 0 Å². The van der Waals surface area contributed by atoms with E-state index in [1.54, 1.807) is 18.6 Å². The molecule has 7 nitrogen and oxygen atoms in total.